The van der Waals surface area contributed by atoms with Crippen LogP contribution in [0.25, 0.3) is 11.2 Å². The molecule has 2 aromatic rings. The second-order valence-electron chi connectivity index (χ2n) is 4.55. The zero-order chi connectivity index (χ0) is 12.5. The fourth-order valence-electron chi connectivity index (χ4n) is 2.45. The minimum atomic E-state index is -0.395. The molecule has 2 atom stereocenters. The largest absolute Gasteiger partial charge is 0.391 e. The minimum Gasteiger partial charge on any atom is -0.391 e. The van der Waals surface area contributed by atoms with Gasteiger partial charge in [0.1, 0.15) is 11.8 Å². The molecule has 7 nitrogen and oxygen atoms in total. The van der Waals surface area contributed by atoms with Crippen LogP contribution in [0.1, 0.15) is 18.9 Å². The Bertz CT molecular complexity index is 553. The summed E-state index contributed by atoms with van der Waals surface area (Å²) in [7, 11) is 0. The van der Waals surface area contributed by atoms with Gasteiger partial charge in [0, 0.05) is 0 Å². The Kier molecular flexibility index (Phi) is 2.85. The van der Waals surface area contributed by atoms with Gasteiger partial charge in [-0.1, -0.05) is 0 Å². The van der Waals surface area contributed by atoms with E-state index in [-0.39, 0.29) is 6.04 Å². The van der Waals surface area contributed by atoms with E-state index in [2.05, 4.69) is 20.3 Å². The number of hydrogen-bond acceptors (Lipinski definition) is 6. The van der Waals surface area contributed by atoms with E-state index in [4.69, 9.17) is 5.73 Å². The van der Waals surface area contributed by atoms with E-state index in [0.29, 0.717) is 17.0 Å². The molecule has 0 unspecified atom stereocenters. The molecule has 2 aromatic heterocycles. The van der Waals surface area contributed by atoms with Crippen LogP contribution in [0, 0.1) is 0 Å². The molecule has 0 radical (unpaired) electrons. The molecule has 0 saturated carbocycles. The lowest BCUT2D eigenvalue weighted by atomic mass is 10.1. The van der Waals surface area contributed by atoms with Crippen LogP contribution in [-0.2, 0) is 0 Å². The monoisotopic (exact) mass is 248 g/mol. The molecule has 4 N–H and O–H groups in total. The second kappa shape index (κ2) is 4.51. The summed E-state index contributed by atoms with van der Waals surface area (Å²) in [6.07, 6.45) is 4.29. The molecule has 1 aliphatic rings. The number of aromatic nitrogens is 4. The molecule has 0 amide bonds. The summed E-state index contributed by atoms with van der Waals surface area (Å²) < 4.78 is 1.91. The SMILES string of the molecule is Nc1ncnc2c1ncn2[C@H]1CCNCC[C@@H]1O. The molecule has 3 heterocycles. The summed E-state index contributed by atoms with van der Waals surface area (Å²) in [5.41, 5.74) is 7.05. The van der Waals surface area contributed by atoms with Gasteiger partial charge in [-0.3, -0.25) is 0 Å². The quantitative estimate of drug-likeness (QED) is 0.640. The van der Waals surface area contributed by atoms with E-state index in [1.807, 2.05) is 4.57 Å². The number of nitrogens with two attached hydrogens (primary N) is 1. The maximum atomic E-state index is 10.2. The standard InChI is InChI=1S/C11H16N6O/c12-10-9-11(15-5-14-10)17(6-16-9)7-1-3-13-4-2-8(7)18/h5-8,13,18H,1-4H2,(H2,12,14,15)/t7-,8-/m0/s1. The molecule has 7 heteroatoms. The first-order valence-corrected chi connectivity index (χ1v) is 6.09. The number of nitrogens with one attached hydrogen (secondary N) is 1. The van der Waals surface area contributed by atoms with Crippen LogP contribution in [0.4, 0.5) is 5.82 Å². The smallest absolute Gasteiger partial charge is 0.165 e. The van der Waals surface area contributed by atoms with Crippen molar-refractivity contribution in [3.63, 3.8) is 0 Å². The summed E-state index contributed by atoms with van der Waals surface area (Å²) >= 11 is 0. The van der Waals surface area contributed by atoms with Crippen molar-refractivity contribution in [3.8, 4) is 0 Å². The first-order chi connectivity index (χ1) is 8.77. The number of anilines is 1. The average Bonchev–Trinajstić information content (AvgIpc) is 2.68. The predicted molar refractivity (Wildman–Crippen MR) is 66.9 cm³/mol. The fourth-order valence-corrected chi connectivity index (χ4v) is 2.45. The van der Waals surface area contributed by atoms with Crippen LogP contribution in [0.5, 0.6) is 0 Å². The highest BCUT2D eigenvalue weighted by molar-refractivity contribution is 5.81. The summed E-state index contributed by atoms with van der Waals surface area (Å²) in [5.74, 6) is 0.375. The maximum absolute atomic E-state index is 10.2. The molecule has 0 bridgehead atoms. The van der Waals surface area contributed by atoms with E-state index >= 15 is 0 Å². The van der Waals surface area contributed by atoms with Gasteiger partial charge < -0.3 is 20.7 Å². The number of aliphatic hydroxyl groups is 1. The van der Waals surface area contributed by atoms with Gasteiger partial charge in [0.25, 0.3) is 0 Å². The fraction of sp³-hybridized carbons (Fsp3) is 0.545. The van der Waals surface area contributed by atoms with Crippen LogP contribution in [0.15, 0.2) is 12.7 Å². The number of nitrogens with zero attached hydrogens (tertiary/aromatic N) is 4. The molecule has 1 saturated heterocycles. The van der Waals surface area contributed by atoms with Crippen molar-refractivity contribution in [1.29, 1.82) is 0 Å². The lowest BCUT2D eigenvalue weighted by Crippen LogP contribution is -2.23. The van der Waals surface area contributed by atoms with Gasteiger partial charge in [0.2, 0.25) is 0 Å². The minimum absolute atomic E-state index is 0.0145. The molecule has 0 spiro atoms. The van der Waals surface area contributed by atoms with E-state index in [1.165, 1.54) is 6.33 Å². The predicted octanol–water partition coefficient (Wildman–Crippen LogP) is -0.306. The number of hydrogen-bond donors (Lipinski definition) is 3. The van der Waals surface area contributed by atoms with Crippen LogP contribution in [-0.4, -0.2) is 43.8 Å². The van der Waals surface area contributed by atoms with Crippen molar-refractivity contribution in [2.45, 2.75) is 25.0 Å². The van der Waals surface area contributed by atoms with Gasteiger partial charge in [-0.25, -0.2) is 15.0 Å². The highest BCUT2D eigenvalue weighted by Crippen LogP contribution is 2.25. The van der Waals surface area contributed by atoms with Crippen molar-refractivity contribution < 1.29 is 5.11 Å². The number of fused-ring (bicyclic) bond motifs is 1. The van der Waals surface area contributed by atoms with E-state index in [0.717, 1.165) is 25.9 Å². The van der Waals surface area contributed by atoms with E-state index < -0.39 is 6.10 Å². The Morgan fingerprint density at radius 1 is 1.28 bits per heavy atom. The molecule has 96 valence electrons. The van der Waals surface area contributed by atoms with Crippen molar-refractivity contribution >= 4 is 17.0 Å². The normalized spacial score (nSPS) is 25.2. The third kappa shape index (κ3) is 1.81. The van der Waals surface area contributed by atoms with Gasteiger partial charge in [-0.05, 0) is 25.9 Å². The van der Waals surface area contributed by atoms with Crippen LogP contribution in [0.3, 0.4) is 0 Å². The first kappa shape index (κ1) is 11.4. The summed E-state index contributed by atoms with van der Waals surface area (Å²) in [6, 6.07) is -0.0145. The molecule has 1 fully saturated rings. The summed E-state index contributed by atoms with van der Waals surface area (Å²) in [6.45, 7) is 1.71. The molecule has 1 aliphatic heterocycles. The number of rotatable bonds is 1. The first-order valence-electron chi connectivity index (χ1n) is 6.09. The Balaban J connectivity index is 2.05. The van der Waals surface area contributed by atoms with Gasteiger partial charge in [-0.2, -0.15) is 0 Å². The topological polar surface area (TPSA) is 102 Å². The van der Waals surface area contributed by atoms with Gasteiger partial charge in [0.05, 0.1) is 18.5 Å². The number of imidazole rings is 1. The Hall–Kier alpha value is -1.73. The van der Waals surface area contributed by atoms with E-state index in [9.17, 15) is 5.11 Å². The van der Waals surface area contributed by atoms with Gasteiger partial charge in [-0.15, -0.1) is 0 Å². The second-order valence-corrected chi connectivity index (χ2v) is 4.55. The van der Waals surface area contributed by atoms with Crippen molar-refractivity contribution in [1.82, 2.24) is 24.8 Å². The van der Waals surface area contributed by atoms with Gasteiger partial charge in [0.15, 0.2) is 11.5 Å². The third-order valence-electron chi connectivity index (χ3n) is 3.42. The average molecular weight is 248 g/mol. The van der Waals surface area contributed by atoms with Gasteiger partial charge >= 0.3 is 0 Å². The van der Waals surface area contributed by atoms with Crippen LogP contribution >= 0.6 is 0 Å². The molecular weight excluding hydrogens is 232 g/mol. The Morgan fingerprint density at radius 3 is 3.00 bits per heavy atom. The third-order valence-corrected chi connectivity index (χ3v) is 3.42. The van der Waals surface area contributed by atoms with Crippen molar-refractivity contribution in [2.75, 3.05) is 18.8 Å². The molecule has 0 aromatic carbocycles. The Labute approximate surface area is 104 Å². The Morgan fingerprint density at radius 2 is 2.11 bits per heavy atom. The lowest BCUT2D eigenvalue weighted by Gasteiger charge is -2.21. The summed E-state index contributed by atoms with van der Waals surface area (Å²) in [4.78, 5) is 12.4. The maximum Gasteiger partial charge on any atom is 0.165 e. The lowest BCUT2D eigenvalue weighted by molar-refractivity contribution is 0.111. The summed E-state index contributed by atoms with van der Waals surface area (Å²) in [5, 5.41) is 13.5. The molecular formula is C11H16N6O. The van der Waals surface area contributed by atoms with Crippen molar-refractivity contribution in [2.24, 2.45) is 0 Å². The molecule has 0 aliphatic carbocycles. The van der Waals surface area contributed by atoms with Crippen LogP contribution in [0.2, 0.25) is 0 Å². The van der Waals surface area contributed by atoms with E-state index in [1.54, 1.807) is 6.33 Å². The highest BCUT2D eigenvalue weighted by atomic mass is 16.3. The number of nitrogen functional groups attached to an aromatic ring is 1. The van der Waals surface area contributed by atoms with Crippen molar-refractivity contribution in [3.05, 3.63) is 12.7 Å². The highest BCUT2D eigenvalue weighted by Gasteiger charge is 2.25. The zero-order valence-corrected chi connectivity index (χ0v) is 9.95. The number of aliphatic hydroxyl groups excluding tert-OH is 1. The van der Waals surface area contributed by atoms with Crippen LogP contribution < -0.4 is 11.1 Å². The zero-order valence-electron chi connectivity index (χ0n) is 9.95. The molecule has 18 heavy (non-hydrogen) atoms. The molecule has 3 rings (SSSR count).